The predicted molar refractivity (Wildman–Crippen MR) is 90.6 cm³/mol. The van der Waals surface area contributed by atoms with Crippen molar-refractivity contribution in [1.29, 1.82) is 0 Å². The third kappa shape index (κ3) is 2.50. The molecule has 0 aromatic heterocycles. The molecule has 1 unspecified atom stereocenters. The molecule has 1 atom stereocenters. The zero-order valence-corrected chi connectivity index (χ0v) is 14.0. The molecule has 128 valence electrons. The smallest absolute Gasteiger partial charge is 0.282 e. The zero-order valence-electron chi connectivity index (χ0n) is 14.0. The molecule has 5 nitrogen and oxygen atoms in total. The van der Waals surface area contributed by atoms with Crippen LogP contribution in [-0.2, 0) is 0 Å². The number of nitro groups is 1. The van der Waals surface area contributed by atoms with Gasteiger partial charge < -0.3 is 5.32 Å². The molecule has 0 saturated heterocycles. The summed E-state index contributed by atoms with van der Waals surface area (Å²) in [6, 6.07) is 6.28. The van der Waals surface area contributed by atoms with Crippen LogP contribution in [-0.4, -0.2) is 16.9 Å². The van der Waals surface area contributed by atoms with Crippen molar-refractivity contribution >= 4 is 11.6 Å². The van der Waals surface area contributed by atoms with Gasteiger partial charge >= 0.3 is 0 Å². The van der Waals surface area contributed by atoms with Crippen LogP contribution in [0.3, 0.4) is 0 Å². The highest BCUT2D eigenvalue weighted by Gasteiger charge is 2.53. The Kier molecular flexibility index (Phi) is 3.62. The van der Waals surface area contributed by atoms with Crippen LogP contribution in [0.15, 0.2) is 24.3 Å². The topological polar surface area (TPSA) is 72.2 Å². The number of carbonyl (C=O) groups is 1. The number of amides is 1. The number of hydrogen-bond donors (Lipinski definition) is 1. The molecular formula is C19H24N2O3. The van der Waals surface area contributed by atoms with Crippen LogP contribution in [0.2, 0.25) is 0 Å². The van der Waals surface area contributed by atoms with Crippen molar-refractivity contribution in [2.45, 2.75) is 51.5 Å². The summed E-state index contributed by atoms with van der Waals surface area (Å²) in [6.07, 6.45) is 7.71. The Labute approximate surface area is 142 Å². The average molecular weight is 328 g/mol. The van der Waals surface area contributed by atoms with E-state index in [9.17, 15) is 14.9 Å². The molecule has 1 N–H and O–H groups in total. The number of carbonyl (C=O) groups excluding carboxylic acids is 1. The van der Waals surface area contributed by atoms with E-state index in [4.69, 9.17) is 0 Å². The molecule has 1 aromatic carbocycles. The molecule has 24 heavy (non-hydrogen) atoms. The van der Waals surface area contributed by atoms with E-state index in [-0.39, 0.29) is 28.6 Å². The molecule has 4 fully saturated rings. The standard InChI is InChI=1S/C19H24N2O3/c1-12(19-9-13-6-14(10-19)8-15(7-13)11-19)20-18(22)16-4-2-3-5-17(16)21(23)24/h2-5,12-15H,6-11H2,1H3,(H,20,22). The van der Waals surface area contributed by atoms with Gasteiger partial charge in [-0.3, -0.25) is 14.9 Å². The Morgan fingerprint density at radius 1 is 1.17 bits per heavy atom. The number of benzene rings is 1. The van der Waals surface area contributed by atoms with Crippen molar-refractivity contribution < 1.29 is 9.72 Å². The fourth-order valence-electron chi connectivity index (χ4n) is 5.96. The first-order valence-corrected chi connectivity index (χ1v) is 9.01. The molecule has 4 aliphatic rings. The third-order valence-electron chi connectivity index (χ3n) is 6.70. The maximum Gasteiger partial charge on any atom is 0.282 e. The van der Waals surface area contributed by atoms with E-state index in [1.807, 2.05) is 0 Å². The van der Waals surface area contributed by atoms with E-state index in [1.165, 1.54) is 44.6 Å². The number of rotatable bonds is 4. The van der Waals surface area contributed by atoms with Crippen molar-refractivity contribution in [1.82, 2.24) is 5.32 Å². The summed E-state index contributed by atoms with van der Waals surface area (Å²) in [6.45, 7) is 2.10. The highest BCUT2D eigenvalue weighted by atomic mass is 16.6. The maximum absolute atomic E-state index is 12.7. The molecule has 4 saturated carbocycles. The van der Waals surface area contributed by atoms with Crippen molar-refractivity contribution in [2.75, 3.05) is 0 Å². The molecule has 5 heteroatoms. The lowest BCUT2D eigenvalue weighted by Gasteiger charge is -2.59. The number of para-hydroxylation sites is 1. The van der Waals surface area contributed by atoms with Crippen LogP contribution in [0.1, 0.15) is 55.8 Å². The summed E-state index contributed by atoms with van der Waals surface area (Å²) < 4.78 is 0. The lowest BCUT2D eigenvalue weighted by atomic mass is 9.48. The molecule has 0 spiro atoms. The monoisotopic (exact) mass is 328 g/mol. The van der Waals surface area contributed by atoms with Gasteiger partial charge in [-0.15, -0.1) is 0 Å². The van der Waals surface area contributed by atoms with Gasteiger partial charge in [0.15, 0.2) is 0 Å². The minimum atomic E-state index is -0.482. The summed E-state index contributed by atoms with van der Waals surface area (Å²) in [5.41, 5.74) is 0.250. The van der Waals surface area contributed by atoms with Crippen LogP contribution in [0, 0.1) is 33.3 Å². The highest BCUT2D eigenvalue weighted by Crippen LogP contribution is 2.61. The van der Waals surface area contributed by atoms with Crippen molar-refractivity contribution in [2.24, 2.45) is 23.2 Å². The third-order valence-corrected chi connectivity index (χ3v) is 6.70. The summed E-state index contributed by atoms with van der Waals surface area (Å²) in [4.78, 5) is 23.3. The predicted octanol–water partition coefficient (Wildman–Crippen LogP) is 3.93. The second-order valence-electron chi connectivity index (χ2n) is 8.25. The molecule has 0 aliphatic heterocycles. The minimum absolute atomic E-state index is 0.0678. The number of nitrogens with one attached hydrogen (secondary N) is 1. The largest absolute Gasteiger partial charge is 0.349 e. The van der Waals surface area contributed by atoms with Crippen LogP contribution < -0.4 is 5.32 Å². The minimum Gasteiger partial charge on any atom is -0.349 e. The average Bonchev–Trinajstić information content (AvgIpc) is 2.53. The molecule has 4 bridgehead atoms. The van der Waals surface area contributed by atoms with Crippen molar-refractivity contribution in [3.05, 3.63) is 39.9 Å². The van der Waals surface area contributed by atoms with Crippen LogP contribution in [0.5, 0.6) is 0 Å². The first kappa shape index (κ1) is 15.6. The molecule has 0 radical (unpaired) electrons. The van der Waals surface area contributed by atoms with Gasteiger partial charge in [0, 0.05) is 12.1 Å². The molecule has 1 aromatic rings. The molecule has 5 rings (SSSR count). The SMILES string of the molecule is CC(NC(=O)c1ccccc1[N+](=O)[O-])C12CC3CC(CC(C3)C1)C2. The first-order chi connectivity index (χ1) is 11.5. The van der Waals surface area contributed by atoms with Crippen molar-refractivity contribution in [3.8, 4) is 0 Å². The van der Waals surface area contributed by atoms with Gasteiger partial charge in [-0.05, 0) is 74.7 Å². The van der Waals surface area contributed by atoms with Gasteiger partial charge in [0.25, 0.3) is 11.6 Å². The van der Waals surface area contributed by atoms with Crippen LogP contribution in [0.4, 0.5) is 5.69 Å². The molecular weight excluding hydrogens is 304 g/mol. The maximum atomic E-state index is 12.7. The Morgan fingerprint density at radius 2 is 1.71 bits per heavy atom. The van der Waals surface area contributed by atoms with E-state index < -0.39 is 4.92 Å². The molecule has 0 heterocycles. The Morgan fingerprint density at radius 3 is 2.25 bits per heavy atom. The lowest BCUT2D eigenvalue weighted by molar-refractivity contribution is -0.385. The fraction of sp³-hybridized carbons (Fsp3) is 0.632. The number of nitro benzene ring substituents is 1. The number of nitrogens with zero attached hydrogens (tertiary/aromatic N) is 1. The quantitative estimate of drug-likeness (QED) is 0.672. The normalized spacial score (nSPS) is 34.8. The second-order valence-corrected chi connectivity index (χ2v) is 8.25. The van der Waals surface area contributed by atoms with Gasteiger partial charge in [-0.25, -0.2) is 0 Å². The summed E-state index contributed by atoms with van der Waals surface area (Å²) in [7, 11) is 0. The second kappa shape index (κ2) is 5.57. The summed E-state index contributed by atoms with van der Waals surface area (Å²) in [5.74, 6) is 2.15. The fourth-order valence-corrected chi connectivity index (χ4v) is 5.96. The van der Waals surface area contributed by atoms with E-state index in [0.717, 1.165) is 17.8 Å². The van der Waals surface area contributed by atoms with Crippen molar-refractivity contribution in [3.63, 3.8) is 0 Å². The van der Waals surface area contributed by atoms with Gasteiger partial charge in [0.1, 0.15) is 5.56 Å². The molecule has 4 aliphatic carbocycles. The lowest BCUT2D eigenvalue weighted by Crippen LogP contribution is -2.55. The highest BCUT2D eigenvalue weighted by molar-refractivity contribution is 5.98. The summed E-state index contributed by atoms with van der Waals surface area (Å²) >= 11 is 0. The Hall–Kier alpha value is -1.91. The number of hydrogen-bond acceptors (Lipinski definition) is 3. The van der Waals surface area contributed by atoms with E-state index >= 15 is 0 Å². The van der Waals surface area contributed by atoms with E-state index in [0.29, 0.717) is 0 Å². The zero-order chi connectivity index (χ0) is 16.9. The van der Waals surface area contributed by atoms with Crippen LogP contribution >= 0.6 is 0 Å². The van der Waals surface area contributed by atoms with Gasteiger partial charge in [-0.1, -0.05) is 12.1 Å². The summed E-state index contributed by atoms with van der Waals surface area (Å²) in [5, 5.41) is 14.3. The van der Waals surface area contributed by atoms with Gasteiger partial charge in [0.05, 0.1) is 4.92 Å². The van der Waals surface area contributed by atoms with Crippen LogP contribution in [0.25, 0.3) is 0 Å². The van der Waals surface area contributed by atoms with E-state index in [1.54, 1.807) is 18.2 Å². The Balaban J connectivity index is 1.53. The van der Waals surface area contributed by atoms with E-state index in [2.05, 4.69) is 12.2 Å². The first-order valence-electron chi connectivity index (χ1n) is 9.01. The van der Waals surface area contributed by atoms with Gasteiger partial charge in [0.2, 0.25) is 0 Å². The van der Waals surface area contributed by atoms with Gasteiger partial charge in [-0.2, -0.15) is 0 Å². The molecule has 1 amide bonds. The Bertz CT molecular complexity index is 650.